The minimum Gasteiger partial charge on any atom is -0.462 e. The molecule has 0 amide bonds. The Morgan fingerprint density at radius 2 is 1.93 bits per heavy atom. The summed E-state index contributed by atoms with van der Waals surface area (Å²) in [6.45, 7) is 1.09. The first-order valence-corrected chi connectivity index (χ1v) is 4.77. The van der Waals surface area contributed by atoms with Crippen molar-refractivity contribution in [1.29, 1.82) is 0 Å². The normalized spacial score (nSPS) is 9.79. The van der Waals surface area contributed by atoms with Gasteiger partial charge in [-0.15, -0.1) is 0 Å². The van der Waals surface area contributed by atoms with Crippen LogP contribution in [0.15, 0.2) is 30.3 Å². The average Bonchev–Trinajstić information content (AvgIpc) is 2.25. The van der Waals surface area contributed by atoms with Crippen molar-refractivity contribution in [2.24, 2.45) is 5.73 Å². The largest absolute Gasteiger partial charge is 0.462 e. The number of rotatable bonds is 5. The van der Waals surface area contributed by atoms with Crippen molar-refractivity contribution in [3.05, 3.63) is 35.9 Å². The number of carbonyl (C=O) groups excluding carboxylic acids is 1. The van der Waals surface area contributed by atoms with Crippen molar-refractivity contribution in [2.75, 3.05) is 13.2 Å². The highest BCUT2D eigenvalue weighted by atomic mass is 16.5. The van der Waals surface area contributed by atoms with Crippen LogP contribution in [0, 0.1) is 0 Å². The number of benzene rings is 1. The Balaban J connectivity index is 2.29. The summed E-state index contributed by atoms with van der Waals surface area (Å²) in [7, 11) is 0. The smallest absolute Gasteiger partial charge is 0.338 e. The zero-order valence-electron chi connectivity index (χ0n) is 8.11. The summed E-state index contributed by atoms with van der Waals surface area (Å²) in [6.07, 6.45) is 1.72. The summed E-state index contributed by atoms with van der Waals surface area (Å²) >= 11 is 0. The molecule has 3 heteroatoms. The van der Waals surface area contributed by atoms with Crippen molar-refractivity contribution >= 4 is 5.97 Å². The number of unbranched alkanes of at least 4 members (excludes halogenated alkanes) is 1. The lowest BCUT2D eigenvalue weighted by molar-refractivity contribution is 0.0499. The van der Waals surface area contributed by atoms with Crippen LogP contribution in [-0.2, 0) is 4.74 Å². The molecule has 0 atom stereocenters. The second kappa shape index (κ2) is 6.16. The molecule has 0 saturated heterocycles. The first kappa shape index (κ1) is 10.7. The van der Waals surface area contributed by atoms with E-state index in [0.717, 1.165) is 12.8 Å². The third kappa shape index (κ3) is 3.58. The number of ether oxygens (including phenoxy) is 1. The summed E-state index contributed by atoms with van der Waals surface area (Å²) in [4.78, 5) is 11.4. The molecule has 0 aliphatic rings. The lowest BCUT2D eigenvalue weighted by atomic mass is 10.2. The number of hydrogen-bond acceptors (Lipinski definition) is 3. The van der Waals surface area contributed by atoms with E-state index in [4.69, 9.17) is 10.5 Å². The van der Waals surface area contributed by atoms with Gasteiger partial charge in [0, 0.05) is 0 Å². The van der Waals surface area contributed by atoms with Gasteiger partial charge in [0.1, 0.15) is 0 Å². The van der Waals surface area contributed by atoms with E-state index in [1.54, 1.807) is 12.1 Å². The molecular formula is C11H15NO2. The van der Waals surface area contributed by atoms with Gasteiger partial charge in [-0.1, -0.05) is 18.2 Å². The Morgan fingerprint density at radius 3 is 2.57 bits per heavy atom. The SMILES string of the molecule is NCCCCOC(=O)c1ccccc1. The average molecular weight is 193 g/mol. The predicted octanol–water partition coefficient (Wildman–Crippen LogP) is 1.58. The fourth-order valence-electron chi connectivity index (χ4n) is 1.07. The molecule has 0 spiro atoms. The molecule has 1 rings (SSSR count). The van der Waals surface area contributed by atoms with E-state index in [1.807, 2.05) is 18.2 Å². The van der Waals surface area contributed by atoms with Gasteiger partial charge in [0.15, 0.2) is 0 Å². The van der Waals surface area contributed by atoms with E-state index in [2.05, 4.69) is 0 Å². The molecule has 76 valence electrons. The van der Waals surface area contributed by atoms with Crippen LogP contribution in [0.3, 0.4) is 0 Å². The summed E-state index contributed by atoms with van der Waals surface area (Å²) in [5.74, 6) is -0.261. The molecule has 0 unspecified atom stereocenters. The third-order valence-corrected chi connectivity index (χ3v) is 1.84. The highest BCUT2D eigenvalue weighted by Gasteiger charge is 2.04. The van der Waals surface area contributed by atoms with Crippen molar-refractivity contribution in [3.63, 3.8) is 0 Å². The van der Waals surface area contributed by atoms with E-state index in [1.165, 1.54) is 0 Å². The van der Waals surface area contributed by atoms with Gasteiger partial charge in [0.05, 0.1) is 12.2 Å². The van der Waals surface area contributed by atoms with Gasteiger partial charge in [0.2, 0.25) is 0 Å². The number of hydrogen-bond donors (Lipinski definition) is 1. The van der Waals surface area contributed by atoms with Crippen LogP contribution in [0.1, 0.15) is 23.2 Å². The molecule has 0 aliphatic heterocycles. The molecule has 3 nitrogen and oxygen atoms in total. The number of nitrogens with two attached hydrogens (primary N) is 1. The minimum atomic E-state index is -0.261. The Morgan fingerprint density at radius 1 is 1.21 bits per heavy atom. The lowest BCUT2D eigenvalue weighted by Crippen LogP contribution is -2.07. The first-order chi connectivity index (χ1) is 6.84. The minimum absolute atomic E-state index is 0.261. The Bertz CT molecular complexity index is 272. The molecule has 1 aromatic rings. The molecule has 0 bridgehead atoms. The Kier molecular flexibility index (Phi) is 4.72. The van der Waals surface area contributed by atoms with Crippen molar-refractivity contribution < 1.29 is 9.53 Å². The van der Waals surface area contributed by atoms with E-state index in [-0.39, 0.29) is 5.97 Å². The van der Waals surface area contributed by atoms with Crippen LogP contribution < -0.4 is 5.73 Å². The third-order valence-electron chi connectivity index (χ3n) is 1.84. The summed E-state index contributed by atoms with van der Waals surface area (Å²) < 4.78 is 5.04. The highest BCUT2D eigenvalue weighted by molar-refractivity contribution is 5.89. The standard InChI is InChI=1S/C11H15NO2/c12-8-4-5-9-14-11(13)10-6-2-1-3-7-10/h1-3,6-7H,4-5,8-9,12H2. The van der Waals surface area contributed by atoms with Crippen LogP contribution in [0.4, 0.5) is 0 Å². The lowest BCUT2D eigenvalue weighted by Gasteiger charge is -2.03. The fourth-order valence-corrected chi connectivity index (χ4v) is 1.07. The molecule has 1 aromatic carbocycles. The van der Waals surface area contributed by atoms with Crippen LogP contribution in [0.25, 0.3) is 0 Å². The first-order valence-electron chi connectivity index (χ1n) is 4.77. The van der Waals surface area contributed by atoms with Gasteiger partial charge in [-0.3, -0.25) is 0 Å². The van der Waals surface area contributed by atoms with Crippen molar-refractivity contribution in [1.82, 2.24) is 0 Å². The van der Waals surface area contributed by atoms with E-state index in [9.17, 15) is 4.79 Å². The molecule has 0 radical (unpaired) electrons. The second-order valence-corrected chi connectivity index (χ2v) is 3.00. The Labute approximate surface area is 83.9 Å². The van der Waals surface area contributed by atoms with Gasteiger partial charge >= 0.3 is 5.97 Å². The highest BCUT2D eigenvalue weighted by Crippen LogP contribution is 2.01. The number of carbonyl (C=O) groups is 1. The topological polar surface area (TPSA) is 52.3 Å². The summed E-state index contributed by atoms with van der Waals surface area (Å²) in [6, 6.07) is 8.98. The molecule has 0 saturated carbocycles. The molecule has 14 heavy (non-hydrogen) atoms. The molecule has 0 aliphatic carbocycles. The summed E-state index contributed by atoms with van der Waals surface area (Å²) in [5.41, 5.74) is 5.91. The van der Waals surface area contributed by atoms with Crippen LogP contribution >= 0.6 is 0 Å². The zero-order chi connectivity index (χ0) is 10.2. The molecule has 0 heterocycles. The fraction of sp³-hybridized carbons (Fsp3) is 0.364. The molecule has 2 N–H and O–H groups in total. The van der Waals surface area contributed by atoms with Gasteiger partial charge in [-0.05, 0) is 31.5 Å². The second-order valence-electron chi connectivity index (χ2n) is 3.00. The van der Waals surface area contributed by atoms with Crippen LogP contribution in [0.5, 0.6) is 0 Å². The number of esters is 1. The van der Waals surface area contributed by atoms with Crippen LogP contribution in [-0.4, -0.2) is 19.1 Å². The summed E-state index contributed by atoms with van der Waals surface area (Å²) in [5, 5.41) is 0. The van der Waals surface area contributed by atoms with E-state index >= 15 is 0 Å². The van der Waals surface area contributed by atoms with E-state index in [0.29, 0.717) is 18.7 Å². The zero-order valence-corrected chi connectivity index (χ0v) is 8.11. The van der Waals surface area contributed by atoms with Gasteiger partial charge in [-0.25, -0.2) is 4.79 Å². The van der Waals surface area contributed by atoms with Crippen LogP contribution in [0.2, 0.25) is 0 Å². The monoisotopic (exact) mass is 193 g/mol. The van der Waals surface area contributed by atoms with Gasteiger partial charge < -0.3 is 10.5 Å². The maximum absolute atomic E-state index is 11.4. The molecule has 0 aromatic heterocycles. The quantitative estimate of drug-likeness (QED) is 0.570. The van der Waals surface area contributed by atoms with Crippen molar-refractivity contribution in [2.45, 2.75) is 12.8 Å². The van der Waals surface area contributed by atoms with Gasteiger partial charge in [0.25, 0.3) is 0 Å². The van der Waals surface area contributed by atoms with Gasteiger partial charge in [-0.2, -0.15) is 0 Å². The molecule has 0 fully saturated rings. The predicted molar refractivity (Wildman–Crippen MR) is 55.0 cm³/mol. The van der Waals surface area contributed by atoms with Crippen molar-refractivity contribution in [3.8, 4) is 0 Å². The maximum atomic E-state index is 11.4. The Hall–Kier alpha value is -1.35. The maximum Gasteiger partial charge on any atom is 0.338 e. The van der Waals surface area contributed by atoms with E-state index < -0.39 is 0 Å². The molecular weight excluding hydrogens is 178 g/mol.